The Morgan fingerprint density at radius 1 is 1.22 bits per heavy atom. The average molecular weight is 315 g/mol. The molecule has 1 aromatic heterocycles. The van der Waals surface area contributed by atoms with Crippen LogP contribution in [0, 0.1) is 0 Å². The van der Waals surface area contributed by atoms with E-state index in [1.54, 1.807) is 24.3 Å². The van der Waals surface area contributed by atoms with Gasteiger partial charge in [-0.25, -0.2) is 5.10 Å². The topological polar surface area (TPSA) is 112 Å². The largest absolute Gasteiger partial charge is 0.481 e. The van der Waals surface area contributed by atoms with Gasteiger partial charge in [0.2, 0.25) is 0 Å². The molecule has 1 amide bonds. The van der Waals surface area contributed by atoms with Crippen molar-refractivity contribution in [3.63, 3.8) is 0 Å². The molecule has 3 rings (SSSR count). The number of rotatable bonds is 4. The van der Waals surface area contributed by atoms with Crippen molar-refractivity contribution in [3.05, 3.63) is 40.3 Å². The Bertz CT molecular complexity index is 821. The molecule has 1 aromatic carbocycles. The van der Waals surface area contributed by atoms with Crippen molar-refractivity contribution < 1.29 is 14.7 Å². The second-order valence-electron chi connectivity index (χ2n) is 5.96. The van der Waals surface area contributed by atoms with E-state index in [4.69, 9.17) is 5.11 Å². The predicted octanol–water partition coefficient (Wildman–Crippen LogP) is 1.44. The van der Waals surface area contributed by atoms with Gasteiger partial charge >= 0.3 is 5.97 Å². The minimum Gasteiger partial charge on any atom is -0.481 e. The maximum absolute atomic E-state index is 12.6. The van der Waals surface area contributed by atoms with E-state index in [0.29, 0.717) is 23.6 Å². The van der Waals surface area contributed by atoms with E-state index >= 15 is 0 Å². The Labute approximate surface area is 131 Å². The molecule has 7 heteroatoms. The molecular formula is C16H17N3O4. The van der Waals surface area contributed by atoms with Gasteiger partial charge in [0, 0.05) is 5.39 Å². The summed E-state index contributed by atoms with van der Waals surface area (Å²) in [6, 6.07) is 6.71. The number of amides is 1. The van der Waals surface area contributed by atoms with Crippen molar-refractivity contribution >= 4 is 22.6 Å². The molecular weight excluding hydrogens is 298 g/mol. The number of aromatic nitrogens is 2. The first-order valence-corrected chi connectivity index (χ1v) is 7.52. The molecule has 1 fully saturated rings. The van der Waals surface area contributed by atoms with Gasteiger partial charge in [0.15, 0.2) is 5.69 Å². The first kappa shape index (κ1) is 15.2. The standard InChI is InChI=1S/C16H17N3O4/c20-12(21)9-16(7-3-4-8-16)17-15(23)13-10-5-1-2-6-11(10)14(22)19-18-13/h1-2,5-6H,3-4,7-9H2,(H,17,23)(H,19,22)(H,20,21). The number of carbonyl (C=O) groups excluding carboxylic acids is 1. The maximum Gasteiger partial charge on any atom is 0.305 e. The van der Waals surface area contributed by atoms with Crippen molar-refractivity contribution in [1.29, 1.82) is 0 Å². The van der Waals surface area contributed by atoms with E-state index in [0.717, 1.165) is 12.8 Å². The fraction of sp³-hybridized carbons (Fsp3) is 0.375. The second kappa shape index (κ2) is 5.83. The lowest BCUT2D eigenvalue weighted by molar-refractivity contribution is -0.138. The molecule has 0 atom stereocenters. The summed E-state index contributed by atoms with van der Waals surface area (Å²) < 4.78 is 0. The zero-order valence-electron chi connectivity index (χ0n) is 12.5. The predicted molar refractivity (Wildman–Crippen MR) is 83.3 cm³/mol. The Kier molecular flexibility index (Phi) is 3.85. The van der Waals surface area contributed by atoms with Gasteiger partial charge in [-0.05, 0) is 18.9 Å². The molecule has 1 saturated carbocycles. The van der Waals surface area contributed by atoms with Crippen LogP contribution in [-0.4, -0.2) is 32.7 Å². The van der Waals surface area contributed by atoms with Gasteiger partial charge in [-0.3, -0.25) is 14.4 Å². The summed E-state index contributed by atoms with van der Waals surface area (Å²) in [5, 5.41) is 19.0. The lowest BCUT2D eigenvalue weighted by Gasteiger charge is -2.28. The zero-order chi connectivity index (χ0) is 16.4. The number of benzene rings is 1. The summed E-state index contributed by atoms with van der Waals surface area (Å²) in [5.74, 6) is -1.40. The number of aliphatic carboxylic acids is 1. The van der Waals surface area contributed by atoms with Crippen LogP contribution in [-0.2, 0) is 4.79 Å². The van der Waals surface area contributed by atoms with Crippen LogP contribution in [0.5, 0.6) is 0 Å². The van der Waals surface area contributed by atoms with Gasteiger partial charge in [0.25, 0.3) is 11.5 Å². The molecule has 0 bridgehead atoms. The number of carbonyl (C=O) groups is 2. The molecule has 0 unspecified atom stereocenters. The van der Waals surface area contributed by atoms with Crippen molar-refractivity contribution in [3.8, 4) is 0 Å². The van der Waals surface area contributed by atoms with Gasteiger partial charge in [0.1, 0.15) is 0 Å². The molecule has 2 aromatic rings. The molecule has 23 heavy (non-hydrogen) atoms. The van der Waals surface area contributed by atoms with Crippen molar-refractivity contribution in [2.24, 2.45) is 0 Å². The van der Waals surface area contributed by atoms with Gasteiger partial charge < -0.3 is 10.4 Å². The highest BCUT2D eigenvalue weighted by Gasteiger charge is 2.38. The van der Waals surface area contributed by atoms with Crippen LogP contribution in [0.1, 0.15) is 42.6 Å². The third-order valence-corrected chi connectivity index (χ3v) is 4.34. The van der Waals surface area contributed by atoms with Crippen LogP contribution in [0.2, 0.25) is 0 Å². The van der Waals surface area contributed by atoms with E-state index in [1.165, 1.54) is 0 Å². The zero-order valence-corrected chi connectivity index (χ0v) is 12.5. The number of carboxylic acids is 1. The van der Waals surface area contributed by atoms with Crippen LogP contribution in [0.3, 0.4) is 0 Å². The second-order valence-corrected chi connectivity index (χ2v) is 5.96. The Balaban J connectivity index is 1.96. The SMILES string of the molecule is O=C(O)CC1(NC(=O)c2n[nH]c(=O)c3ccccc23)CCCC1. The summed E-state index contributed by atoms with van der Waals surface area (Å²) in [6.45, 7) is 0. The first-order chi connectivity index (χ1) is 11.0. The van der Waals surface area contributed by atoms with Crippen LogP contribution >= 0.6 is 0 Å². The number of H-pyrrole nitrogens is 1. The van der Waals surface area contributed by atoms with Crippen molar-refractivity contribution in [2.75, 3.05) is 0 Å². The Morgan fingerprint density at radius 3 is 2.52 bits per heavy atom. The van der Waals surface area contributed by atoms with Gasteiger partial charge in [-0.15, -0.1) is 0 Å². The highest BCUT2D eigenvalue weighted by Crippen LogP contribution is 2.33. The normalized spacial score (nSPS) is 16.3. The van der Waals surface area contributed by atoms with Crippen LogP contribution in [0.25, 0.3) is 10.8 Å². The number of nitrogens with zero attached hydrogens (tertiary/aromatic N) is 1. The van der Waals surface area contributed by atoms with Crippen molar-refractivity contribution in [1.82, 2.24) is 15.5 Å². The monoisotopic (exact) mass is 315 g/mol. The third kappa shape index (κ3) is 2.94. The molecule has 1 aliphatic carbocycles. The number of hydrogen-bond acceptors (Lipinski definition) is 4. The van der Waals surface area contributed by atoms with E-state index in [9.17, 15) is 14.4 Å². The van der Waals surface area contributed by atoms with Crippen LogP contribution in [0.15, 0.2) is 29.1 Å². The number of nitrogens with one attached hydrogen (secondary N) is 2. The van der Waals surface area contributed by atoms with E-state index in [1.807, 2.05) is 0 Å². The summed E-state index contributed by atoms with van der Waals surface area (Å²) in [7, 11) is 0. The van der Waals surface area contributed by atoms with Gasteiger partial charge in [0.05, 0.1) is 17.3 Å². The van der Waals surface area contributed by atoms with E-state index in [2.05, 4.69) is 15.5 Å². The van der Waals surface area contributed by atoms with E-state index < -0.39 is 17.4 Å². The number of fused-ring (bicyclic) bond motifs is 1. The minimum atomic E-state index is -0.938. The van der Waals surface area contributed by atoms with Gasteiger partial charge in [-0.2, -0.15) is 5.10 Å². The molecule has 1 aliphatic rings. The molecule has 3 N–H and O–H groups in total. The average Bonchev–Trinajstić information content (AvgIpc) is 2.95. The first-order valence-electron chi connectivity index (χ1n) is 7.52. The van der Waals surface area contributed by atoms with Gasteiger partial charge in [-0.1, -0.05) is 31.0 Å². The third-order valence-electron chi connectivity index (χ3n) is 4.34. The fourth-order valence-corrected chi connectivity index (χ4v) is 3.28. The molecule has 7 nitrogen and oxygen atoms in total. The fourth-order valence-electron chi connectivity index (χ4n) is 3.28. The number of hydrogen-bond donors (Lipinski definition) is 3. The highest BCUT2D eigenvalue weighted by molar-refractivity contribution is 6.05. The van der Waals surface area contributed by atoms with Crippen LogP contribution in [0.4, 0.5) is 0 Å². The molecule has 0 radical (unpaired) electrons. The van der Waals surface area contributed by atoms with Crippen LogP contribution < -0.4 is 10.9 Å². The molecule has 120 valence electrons. The van der Waals surface area contributed by atoms with Crippen molar-refractivity contribution in [2.45, 2.75) is 37.6 Å². The summed E-state index contributed by atoms with van der Waals surface area (Å²) >= 11 is 0. The van der Waals surface area contributed by atoms with E-state index in [-0.39, 0.29) is 17.7 Å². The minimum absolute atomic E-state index is 0.108. The Hall–Kier alpha value is -2.70. The smallest absolute Gasteiger partial charge is 0.305 e. The summed E-state index contributed by atoms with van der Waals surface area (Å²) in [6.07, 6.45) is 2.92. The quantitative estimate of drug-likeness (QED) is 0.790. The number of carboxylic acid groups (broad SMARTS) is 1. The molecule has 1 heterocycles. The summed E-state index contributed by atoms with van der Waals surface area (Å²) in [4.78, 5) is 35.5. The highest BCUT2D eigenvalue weighted by atomic mass is 16.4. The summed E-state index contributed by atoms with van der Waals surface area (Å²) in [5.41, 5.74) is -0.989. The molecule has 0 spiro atoms. The lowest BCUT2D eigenvalue weighted by Crippen LogP contribution is -2.48. The maximum atomic E-state index is 12.6. The molecule has 0 saturated heterocycles. The number of aromatic amines is 1. The Morgan fingerprint density at radius 2 is 1.87 bits per heavy atom. The molecule has 0 aliphatic heterocycles. The lowest BCUT2D eigenvalue weighted by atomic mass is 9.93.